The molecule has 1 aromatic heterocycles. The highest BCUT2D eigenvalue weighted by molar-refractivity contribution is 7.84. The normalized spacial score (nSPS) is 12.2. The van der Waals surface area contributed by atoms with E-state index < -0.39 is 11.2 Å². The van der Waals surface area contributed by atoms with Gasteiger partial charge >= 0.3 is 0 Å². The second-order valence-corrected chi connectivity index (χ2v) is 7.55. The molecule has 0 aliphatic carbocycles. The van der Waals surface area contributed by atoms with Crippen molar-refractivity contribution in [3.63, 3.8) is 0 Å². The second-order valence-electron chi connectivity index (χ2n) is 6.20. The van der Waals surface area contributed by atoms with Gasteiger partial charge in [-0.3, -0.25) is 4.31 Å². The Hall–Kier alpha value is -2.19. The van der Waals surface area contributed by atoms with Gasteiger partial charge < -0.3 is 14.8 Å². The molecule has 0 radical (unpaired) electrons. The average molecular weight is 378 g/mol. The third-order valence-electron chi connectivity index (χ3n) is 3.90. The number of nitrogens with zero attached hydrogens (tertiary/aromatic N) is 2. The Morgan fingerprint density at radius 3 is 2.73 bits per heavy atom. The summed E-state index contributed by atoms with van der Waals surface area (Å²) in [6, 6.07) is 7.52. The maximum Gasteiger partial charge on any atom is 0.196 e. The van der Waals surface area contributed by atoms with E-state index in [0.29, 0.717) is 23.6 Å². The molecule has 7 nitrogen and oxygen atoms in total. The van der Waals surface area contributed by atoms with E-state index in [1.54, 1.807) is 20.2 Å². The van der Waals surface area contributed by atoms with E-state index in [1.807, 2.05) is 18.2 Å². The predicted molar refractivity (Wildman–Crippen MR) is 107 cm³/mol. The first-order valence-electron chi connectivity index (χ1n) is 8.53. The minimum absolute atomic E-state index is 0.0261. The summed E-state index contributed by atoms with van der Waals surface area (Å²) in [5.41, 5.74) is 1.28. The number of aldehydes is 1. The highest BCUT2D eigenvalue weighted by Gasteiger charge is 2.18. The Morgan fingerprint density at radius 2 is 2.12 bits per heavy atom. The third-order valence-corrected chi connectivity index (χ3v) is 5.00. The van der Waals surface area contributed by atoms with Crippen molar-refractivity contribution < 1.29 is 13.7 Å². The van der Waals surface area contributed by atoms with Crippen molar-refractivity contribution >= 4 is 39.9 Å². The van der Waals surface area contributed by atoms with Crippen LogP contribution in [0.2, 0.25) is 0 Å². The monoisotopic (exact) mass is 378 g/mol. The molecule has 0 spiro atoms. The Morgan fingerprint density at radius 1 is 1.35 bits per heavy atom. The number of hydrogen-bond acceptors (Lipinski definition) is 5. The van der Waals surface area contributed by atoms with Crippen LogP contribution < -0.4 is 19.1 Å². The lowest BCUT2D eigenvalue weighted by Gasteiger charge is -2.22. The van der Waals surface area contributed by atoms with Gasteiger partial charge in [0, 0.05) is 11.9 Å². The molecule has 0 saturated carbocycles. The highest BCUT2D eigenvalue weighted by atomic mass is 32.2. The summed E-state index contributed by atoms with van der Waals surface area (Å²) < 4.78 is 21.8. The molecule has 2 rings (SSSR count). The van der Waals surface area contributed by atoms with Crippen LogP contribution in [0.4, 0.5) is 11.5 Å². The fraction of sp³-hybridized carbons (Fsp3) is 0.444. The molecule has 0 amide bonds. The summed E-state index contributed by atoms with van der Waals surface area (Å²) in [4.78, 5) is 15.7. The Balaban J connectivity index is 2.41. The molecule has 0 fully saturated rings. The number of carbonyl (C=O) groups is 1. The number of nitrogens with one attached hydrogen (secondary N) is 2. The number of carbonyl (C=O) groups excluding carboxylic acids is 1. The van der Waals surface area contributed by atoms with E-state index in [0.717, 1.165) is 29.7 Å². The Kier molecular flexibility index (Phi) is 7.35. The summed E-state index contributed by atoms with van der Waals surface area (Å²) in [6.07, 6.45) is 1.76. The van der Waals surface area contributed by atoms with Crippen LogP contribution in [0, 0.1) is 5.92 Å². The van der Waals surface area contributed by atoms with Crippen molar-refractivity contribution in [2.45, 2.75) is 20.3 Å². The van der Waals surface area contributed by atoms with Gasteiger partial charge in [0.05, 0.1) is 24.9 Å². The standard InChI is InChI=1S/C18H26N4O3S/c1-13(2)7-8-20-18-6-5-14-11-17(25-4)16(12-15(14)21-18)22(9-10-23)26(24)19-3/h5-6,10-13,19H,7-9H2,1-4H3,(H,20,21). The number of methoxy groups -OCH3 is 1. The van der Waals surface area contributed by atoms with Crippen LogP contribution in [-0.2, 0) is 16.0 Å². The smallest absolute Gasteiger partial charge is 0.196 e. The van der Waals surface area contributed by atoms with E-state index in [1.165, 1.54) is 4.31 Å². The lowest BCUT2D eigenvalue weighted by Crippen LogP contribution is -2.35. The van der Waals surface area contributed by atoms with E-state index in [4.69, 9.17) is 4.74 Å². The first-order chi connectivity index (χ1) is 12.5. The van der Waals surface area contributed by atoms with E-state index >= 15 is 0 Å². The predicted octanol–water partition coefficient (Wildman–Crippen LogP) is 2.50. The maximum absolute atomic E-state index is 12.3. The molecule has 0 aliphatic rings. The van der Waals surface area contributed by atoms with Crippen LogP contribution in [0.15, 0.2) is 24.3 Å². The molecular formula is C18H26N4O3S. The zero-order valence-electron chi connectivity index (χ0n) is 15.6. The lowest BCUT2D eigenvalue weighted by atomic mass is 10.1. The fourth-order valence-electron chi connectivity index (χ4n) is 2.52. The number of hydrogen-bond donors (Lipinski definition) is 2. The summed E-state index contributed by atoms with van der Waals surface area (Å²) in [6.45, 7) is 5.18. The molecule has 8 heteroatoms. The minimum atomic E-state index is -1.56. The highest BCUT2D eigenvalue weighted by Crippen LogP contribution is 2.33. The number of aromatic nitrogens is 1. The third kappa shape index (κ3) is 4.92. The van der Waals surface area contributed by atoms with Crippen molar-refractivity contribution in [3.05, 3.63) is 24.3 Å². The average Bonchev–Trinajstić information content (AvgIpc) is 2.64. The first-order valence-corrected chi connectivity index (χ1v) is 9.64. The maximum atomic E-state index is 12.3. The number of anilines is 2. The van der Waals surface area contributed by atoms with Crippen LogP contribution in [0.1, 0.15) is 20.3 Å². The van der Waals surface area contributed by atoms with E-state index in [-0.39, 0.29) is 6.54 Å². The van der Waals surface area contributed by atoms with Gasteiger partial charge in [-0.25, -0.2) is 13.9 Å². The van der Waals surface area contributed by atoms with Gasteiger partial charge in [0.1, 0.15) is 17.9 Å². The quantitative estimate of drug-likeness (QED) is 0.621. The van der Waals surface area contributed by atoms with Gasteiger partial charge in [-0.15, -0.1) is 0 Å². The minimum Gasteiger partial charge on any atom is -0.495 e. The molecule has 1 aromatic carbocycles. The van der Waals surface area contributed by atoms with Gasteiger partial charge in [-0.05, 0) is 43.7 Å². The number of benzene rings is 1. The van der Waals surface area contributed by atoms with Crippen LogP contribution in [0.3, 0.4) is 0 Å². The second kappa shape index (κ2) is 9.49. The molecule has 1 atom stereocenters. The molecule has 0 aliphatic heterocycles. The SMILES string of the molecule is CNS(=O)N(CC=O)c1cc2nc(NCCC(C)C)ccc2cc1OC. The van der Waals surface area contributed by atoms with Crippen LogP contribution in [0.25, 0.3) is 10.9 Å². The zero-order chi connectivity index (χ0) is 19.1. The summed E-state index contributed by atoms with van der Waals surface area (Å²) >= 11 is -1.56. The van der Waals surface area contributed by atoms with E-state index in [2.05, 4.69) is 28.9 Å². The fourth-order valence-corrected chi connectivity index (χ4v) is 3.26. The summed E-state index contributed by atoms with van der Waals surface area (Å²) in [5, 5.41) is 4.22. The summed E-state index contributed by atoms with van der Waals surface area (Å²) in [5.74, 6) is 1.93. The topological polar surface area (TPSA) is 83.6 Å². The van der Waals surface area contributed by atoms with Crippen LogP contribution >= 0.6 is 0 Å². The van der Waals surface area contributed by atoms with Gasteiger partial charge in [-0.2, -0.15) is 0 Å². The van der Waals surface area contributed by atoms with Crippen LogP contribution in [0.5, 0.6) is 5.75 Å². The number of rotatable bonds is 10. The first kappa shape index (κ1) is 20.1. The van der Waals surface area contributed by atoms with Crippen molar-refractivity contribution in [2.75, 3.05) is 36.9 Å². The van der Waals surface area contributed by atoms with Crippen molar-refractivity contribution in [1.29, 1.82) is 0 Å². The molecule has 26 heavy (non-hydrogen) atoms. The molecule has 142 valence electrons. The van der Waals surface area contributed by atoms with Crippen molar-refractivity contribution in [3.8, 4) is 5.75 Å². The largest absolute Gasteiger partial charge is 0.495 e. The lowest BCUT2D eigenvalue weighted by molar-refractivity contribution is -0.106. The van der Waals surface area contributed by atoms with Crippen LogP contribution in [-0.4, -0.2) is 42.7 Å². The molecule has 0 bridgehead atoms. The van der Waals surface area contributed by atoms with Gasteiger partial charge in [0.15, 0.2) is 11.2 Å². The number of ether oxygens (including phenoxy) is 1. The van der Waals surface area contributed by atoms with Gasteiger partial charge in [0.2, 0.25) is 0 Å². The molecular weight excluding hydrogens is 352 g/mol. The number of fused-ring (bicyclic) bond motifs is 1. The number of pyridine rings is 1. The van der Waals surface area contributed by atoms with Crippen molar-refractivity contribution in [1.82, 2.24) is 9.71 Å². The Bertz CT molecular complexity index is 782. The van der Waals surface area contributed by atoms with E-state index in [9.17, 15) is 9.00 Å². The Labute approximate surface area is 156 Å². The molecule has 0 saturated heterocycles. The van der Waals surface area contributed by atoms with Crippen molar-refractivity contribution in [2.24, 2.45) is 5.92 Å². The van der Waals surface area contributed by atoms with Gasteiger partial charge in [0.25, 0.3) is 0 Å². The zero-order valence-corrected chi connectivity index (χ0v) is 16.4. The summed E-state index contributed by atoms with van der Waals surface area (Å²) in [7, 11) is 3.11. The molecule has 1 heterocycles. The molecule has 2 N–H and O–H groups in total. The molecule has 2 aromatic rings. The molecule has 1 unspecified atom stereocenters. The van der Waals surface area contributed by atoms with Gasteiger partial charge in [-0.1, -0.05) is 13.8 Å².